The molecule has 2 N–H and O–H groups in total. The zero-order valence-electron chi connectivity index (χ0n) is 15.2. The first-order valence-electron chi connectivity index (χ1n) is 8.74. The number of nitrogens with one attached hydrogen (secondary N) is 2. The molecule has 0 saturated heterocycles. The van der Waals surface area contributed by atoms with Crippen LogP contribution in [0, 0.1) is 6.92 Å². The Morgan fingerprint density at radius 3 is 2.31 bits per heavy atom. The van der Waals surface area contributed by atoms with Gasteiger partial charge >= 0.3 is 0 Å². The molecule has 1 unspecified atom stereocenters. The topological polar surface area (TPSA) is 54.0 Å². The van der Waals surface area contributed by atoms with E-state index < -0.39 is 0 Å². The number of carbonyl (C=O) groups is 1. The lowest BCUT2D eigenvalue weighted by Crippen LogP contribution is -2.31. The number of aryl methyl sites for hydroxylation is 2. The predicted octanol–water partition coefficient (Wildman–Crippen LogP) is 5.12. The van der Waals surface area contributed by atoms with Gasteiger partial charge < -0.3 is 10.6 Å². The molecule has 1 amide bonds. The minimum Gasteiger partial charge on any atom is -0.374 e. The first-order chi connectivity index (χ1) is 12.5. The molecule has 1 atom stereocenters. The molecule has 4 nitrogen and oxygen atoms in total. The standard InChI is InChI=1S/C21H23N3OS/c1-4-16-5-9-19(10-6-16)24-21(25)14(2)22-18-11-7-17(8-12-18)20-13-26-15(3)23-20/h5-14,22H,4H2,1-3H3,(H,24,25). The SMILES string of the molecule is CCc1ccc(NC(=O)C(C)Nc2ccc(-c3csc(C)n3)cc2)cc1. The fourth-order valence-electron chi connectivity index (χ4n) is 2.62. The maximum atomic E-state index is 12.4. The number of aromatic nitrogens is 1. The van der Waals surface area contributed by atoms with Crippen LogP contribution in [0.3, 0.4) is 0 Å². The third-order valence-corrected chi connectivity index (χ3v) is 4.98. The van der Waals surface area contributed by atoms with E-state index in [9.17, 15) is 4.79 Å². The molecule has 0 radical (unpaired) electrons. The fraction of sp³-hybridized carbons (Fsp3) is 0.238. The highest BCUT2D eigenvalue weighted by Crippen LogP contribution is 2.23. The quantitative estimate of drug-likeness (QED) is 0.637. The van der Waals surface area contributed by atoms with Crippen LogP contribution in [-0.2, 0) is 11.2 Å². The van der Waals surface area contributed by atoms with Crippen LogP contribution in [0.15, 0.2) is 53.9 Å². The van der Waals surface area contributed by atoms with Crippen LogP contribution in [0.2, 0.25) is 0 Å². The van der Waals surface area contributed by atoms with Gasteiger partial charge in [-0.25, -0.2) is 4.98 Å². The Hall–Kier alpha value is -2.66. The van der Waals surface area contributed by atoms with Crippen LogP contribution in [0.4, 0.5) is 11.4 Å². The lowest BCUT2D eigenvalue weighted by atomic mass is 10.1. The Bertz CT molecular complexity index is 869. The summed E-state index contributed by atoms with van der Waals surface area (Å²) in [5.41, 5.74) is 5.04. The molecule has 0 saturated carbocycles. The Morgan fingerprint density at radius 2 is 1.73 bits per heavy atom. The van der Waals surface area contributed by atoms with Crippen LogP contribution >= 0.6 is 11.3 Å². The van der Waals surface area contributed by atoms with Crippen molar-refractivity contribution in [3.05, 3.63) is 64.5 Å². The molecule has 0 aliphatic heterocycles. The van der Waals surface area contributed by atoms with E-state index in [2.05, 4.69) is 27.9 Å². The van der Waals surface area contributed by atoms with Crippen molar-refractivity contribution >= 4 is 28.6 Å². The molecule has 5 heteroatoms. The Morgan fingerprint density at radius 1 is 1.08 bits per heavy atom. The van der Waals surface area contributed by atoms with Crippen LogP contribution < -0.4 is 10.6 Å². The van der Waals surface area contributed by atoms with Gasteiger partial charge in [-0.1, -0.05) is 31.2 Å². The van der Waals surface area contributed by atoms with Crippen molar-refractivity contribution in [2.75, 3.05) is 10.6 Å². The van der Waals surface area contributed by atoms with E-state index in [0.717, 1.165) is 34.1 Å². The molecule has 3 rings (SSSR count). The summed E-state index contributed by atoms with van der Waals surface area (Å²) in [5.74, 6) is -0.0616. The summed E-state index contributed by atoms with van der Waals surface area (Å²) in [6.45, 7) is 5.97. The van der Waals surface area contributed by atoms with E-state index in [1.54, 1.807) is 11.3 Å². The molecular formula is C21H23N3OS. The summed E-state index contributed by atoms with van der Waals surface area (Å²) in [4.78, 5) is 16.9. The molecule has 0 fully saturated rings. The normalized spacial score (nSPS) is 11.8. The van der Waals surface area contributed by atoms with Gasteiger partial charge in [0.25, 0.3) is 0 Å². The summed E-state index contributed by atoms with van der Waals surface area (Å²) in [5, 5.41) is 9.29. The van der Waals surface area contributed by atoms with Crippen molar-refractivity contribution < 1.29 is 4.79 Å². The molecule has 0 bridgehead atoms. The second-order valence-corrected chi connectivity index (χ2v) is 7.30. The van der Waals surface area contributed by atoms with E-state index in [-0.39, 0.29) is 11.9 Å². The summed E-state index contributed by atoms with van der Waals surface area (Å²) in [6.07, 6.45) is 0.989. The molecule has 26 heavy (non-hydrogen) atoms. The Labute approximate surface area is 158 Å². The Balaban J connectivity index is 1.59. The van der Waals surface area contributed by atoms with Gasteiger partial charge in [0.1, 0.15) is 6.04 Å². The lowest BCUT2D eigenvalue weighted by Gasteiger charge is -2.15. The van der Waals surface area contributed by atoms with Crippen molar-refractivity contribution in [3.63, 3.8) is 0 Å². The molecule has 0 aliphatic rings. The average Bonchev–Trinajstić information content (AvgIpc) is 3.09. The van der Waals surface area contributed by atoms with Gasteiger partial charge in [-0.05, 0) is 50.1 Å². The largest absolute Gasteiger partial charge is 0.374 e. The number of amides is 1. The van der Waals surface area contributed by atoms with Gasteiger partial charge in [0.05, 0.1) is 10.7 Å². The van der Waals surface area contributed by atoms with E-state index in [1.165, 1.54) is 5.56 Å². The summed E-state index contributed by atoms with van der Waals surface area (Å²) < 4.78 is 0. The first-order valence-corrected chi connectivity index (χ1v) is 9.62. The minimum atomic E-state index is -0.340. The van der Waals surface area contributed by atoms with Gasteiger partial charge in [-0.15, -0.1) is 11.3 Å². The molecule has 3 aromatic rings. The minimum absolute atomic E-state index is 0.0616. The van der Waals surface area contributed by atoms with E-state index in [0.29, 0.717) is 0 Å². The molecule has 2 aromatic carbocycles. The van der Waals surface area contributed by atoms with Crippen molar-refractivity contribution in [1.82, 2.24) is 4.98 Å². The molecule has 1 heterocycles. The van der Waals surface area contributed by atoms with Crippen molar-refractivity contribution in [3.8, 4) is 11.3 Å². The molecular weight excluding hydrogens is 342 g/mol. The number of carbonyl (C=O) groups excluding carboxylic acids is 1. The second-order valence-electron chi connectivity index (χ2n) is 6.23. The zero-order chi connectivity index (χ0) is 18.5. The van der Waals surface area contributed by atoms with Crippen LogP contribution in [-0.4, -0.2) is 16.9 Å². The molecule has 134 valence electrons. The highest BCUT2D eigenvalue weighted by Gasteiger charge is 2.13. The highest BCUT2D eigenvalue weighted by atomic mass is 32.1. The molecule has 0 aliphatic carbocycles. The number of hydrogen-bond donors (Lipinski definition) is 2. The number of hydrogen-bond acceptors (Lipinski definition) is 4. The molecule has 1 aromatic heterocycles. The van der Waals surface area contributed by atoms with Crippen LogP contribution in [0.25, 0.3) is 11.3 Å². The average molecular weight is 366 g/mol. The van der Waals surface area contributed by atoms with Crippen molar-refractivity contribution in [2.24, 2.45) is 0 Å². The van der Waals surface area contributed by atoms with Crippen molar-refractivity contribution in [2.45, 2.75) is 33.2 Å². The van der Waals surface area contributed by atoms with Gasteiger partial charge in [0, 0.05) is 22.3 Å². The van der Waals surface area contributed by atoms with E-state index in [4.69, 9.17) is 0 Å². The fourth-order valence-corrected chi connectivity index (χ4v) is 3.25. The highest BCUT2D eigenvalue weighted by molar-refractivity contribution is 7.09. The second kappa shape index (κ2) is 8.15. The summed E-state index contributed by atoms with van der Waals surface area (Å²) in [6, 6.07) is 15.6. The van der Waals surface area contributed by atoms with E-state index >= 15 is 0 Å². The smallest absolute Gasteiger partial charge is 0.246 e. The van der Waals surface area contributed by atoms with Crippen LogP contribution in [0.5, 0.6) is 0 Å². The molecule has 0 spiro atoms. The predicted molar refractivity (Wildman–Crippen MR) is 110 cm³/mol. The number of rotatable bonds is 6. The third-order valence-electron chi connectivity index (χ3n) is 4.21. The summed E-state index contributed by atoms with van der Waals surface area (Å²) in [7, 11) is 0. The van der Waals surface area contributed by atoms with Gasteiger partial charge in [0.15, 0.2) is 0 Å². The number of nitrogens with zero attached hydrogens (tertiary/aromatic N) is 1. The van der Waals surface area contributed by atoms with Crippen molar-refractivity contribution in [1.29, 1.82) is 0 Å². The number of benzene rings is 2. The summed E-state index contributed by atoms with van der Waals surface area (Å²) >= 11 is 1.64. The zero-order valence-corrected chi connectivity index (χ0v) is 16.1. The van der Waals surface area contributed by atoms with Gasteiger partial charge in [-0.2, -0.15) is 0 Å². The third kappa shape index (κ3) is 4.49. The van der Waals surface area contributed by atoms with Crippen LogP contribution in [0.1, 0.15) is 24.4 Å². The first kappa shape index (κ1) is 18.1. The lowest BCUT2D eigenvalue weighted by molar-refractivity contribution is -0.116. The monoisotopic (exact) mass is 365 g/mol. The number of anilines is 2. The number of thiazole rings is 1. The Kier molecular flexibility index (Phi) is 5.68. The van der Waals surface area contributed by atoms with Gasteiger partial charge in [0.2, 0.25) is 5.91 Å². The van der Waals surface area contributed by atoms with Gasteiger partial charge in [-0.3, -0.25) is 4.79 Å². The maximum absolute atomic E-state index is 12.4. The maximum Gasteiger partial charge on any atom is 0.246 e. The van der Waals surface area contributed by atoms with E-state index in [1.807, 2.05) is 62.4 Å².